The molecule has 4 rings (SSSR count). The molecule has 132 valence electrons. The Balaban J connectivity index is 1.79. The van der Waals surface area contributed by atoms with Gasteiger partial charge in [-0.25, -0.2) is 0 Å². The van der Waals surface area contributed by atoms with Gasteiger partial charge < -0.3 is 14.8 Å². The maximum absolute atomic E-state index is 12.4. The molecule has 5 heteroatoms. The van der Waals surface area contributed by atoms with Crippen molar-refractivity contribution in [1.82, 2.24) is 0 Å². The zero-order valence-electron chi connectivity index (χ0n) is 14.6. The summed E-state index contributed by atoms with van der Waals surface area (Å²) in [6.45, 7) is 0. The molecular formula is C21H19NO3S. The number of carbonyl (C=O) groups is 1. The molecule has 1 amide bonds. The second-order valence-corrected chi connectivity index (χ2v) is 7.09. The Kier molecular flexibility index (Phi) is 4.39. The number of carbonyl (C=O) groups excluding carboxylic acids is 1. The predicted octanol–water partition coefficient (Wildman–Crippen LogP) is 4.91. The Labute approximate surface area is 156 Å². The molecule has 3 aromatic rings. The number of anilines is 1. The van der Waals surface area contributed by atoms with E-state index >= 15 is 0 Å². The van der Waals surface area contributed by atoms with E-state index in [-0.39, 0.29) is 11.8 Å². The van der Waals surface area contributed by atoms with Crippen molar-refractivity contribution in [3.63, 3.8) is 0 Å². The molecule has 1 N–H and O–H groups in total. The fraction of sp³-hybridized carbons (Fsp3) is 0.190. The van der Waals surface area contributed by atoms with E-state index in [1.165, 1.54) is 4.88 Å². The maximum Gasteiger partial charge on any atom is 0.225 e. The van der Waals surface area contributed by atoms with Gasteiger partial charge in [-0.3, -0.25) is 4.79 Å². The summed E-state index contributed by atoms with van der Waals surface area (Å²) in [7, 11) is 3.24. The van der Waals surface area contributed by atoms with Crippen molar-refractivity contribution in [3.8, 4) is 22.6 Å². The van der Waals surface area contributed by atoms with Crippen molar-refractivity contribution in [2.45, 2.75) is 12.3 Å². The van der Waals surface area contributed by atoms with Crippen molar-refractivity contribution in [2.75, 3.05) is 19.5 Å². The Morgan fingerprint density at radius 2 is 1.81 bits per heavy atom. The fourth-order valence-electron chi connectivity index (χ4n) is 3.40. The van der Waals surface area contributed by atoms with E-state index in [0.29, 0.717) is 17.9 Å². The van der Waals surface area contributed by atoms with Crippen molar-refractivity contribution in [3.05, 3.63) is 64.4 Å². The van der Waals surface area contributed by atoms with E-state index in [4.69, 9.17) is 9.47 Å². The highest BCUT2D eigenvalue weighted by atomic mass is 32.1. The molecule has 1 atom stereocenters. The molecule has 0 spiro atoms. The van der Waals surface area contributed by atoms with Crippen molar-refractivity contribution >= 4 is 22.9 Å². The van der Waals surface area contributed by atoms with Gasteiger partial charge in [-0.15, -0.1) is 11.3 Å². The van der Waals surface area contributed by atoms with Crippen LogP contribution in [0.4, 0.5) is 5.69 Å². The number of ether oxygens (including phenoxy) is 2. The third kappa shape index (κ3) is 2.84. The van der Waals surface area contributed by atoms with Crippen LogP contribution in [-0.2, 0) is 4.79 Å². The lowest BCUT2D eigenvalue weighted by molar-refractivity contribution is -0.116. The van der Waals surface area contributed by atoms with Gasteiger partial charge in [0.05, 0.1) is 19.9 Å². The van der Waals surface area contributed by atoms with Gasteiger partial charge in [0.1, 0.15) is 0 Å². The number of rotatable bonds is 4. The summed E-state index contributed by atoms with van der Waals surface area (Å²) in [5, 5.41) is 5.20. The van der Waals surface area contributed by atoms with E-state index in [0.717, 1.165) is 22.4 Å². The topological polar surface area (TPSA) is 47.6 Å². The number of nitrogens with one attached hydrogen (secondary N) is 1. The molecule has 0 fully saturated rings. The second-order valence-electron chi connectivity index (χ2n) is 6.17. The van der Waals surface area contributed by atoms with Gasteiger partial charge in [0, 0.05) is 28.2 Å². The minimum Gasteiger partial charge on any atom is -0.493 e. The zero-order valence-corrected chi connectivity index (χ0v) is 15.4. The number of benzene rings is 2. The van der Waals surface area contributed by atoms with Crippen LogP contribution in [0, 0.1) is 0 Å². The molecule has 1 aliphatic heterocycles. The van der Waals surface area contributed by atoms with Gasteiger partial charge in [0.2, 0.25) is 5.91 Å². The number of hydrogen-bond donors (Lipinski definition) is 1. The summed E-state index contributed by atoms with van der Waals surface area (Å²) in [5.74, 6) is 1.42. The second kappa shape index (κ2) is 6.84. The highest BCUT2D eigenvalue weighted by molar-refractivity contribution is 7.11. The SMILES string of the molecule is COc1ccc([C@@H]2CC(=O)Nc3c(-c4ccccc4)csc32)cc1OC. The Bertz CT molecular complexity index is 949. The number of thiophene rings is 1. The van der Waals surface area contributed by atoms with E-state index in [2.05, 4.69) is 22.8 Å². The van der Waals surface area contributed by atoms with Gasteiger partial charge >= 0.3 is 0 Å². The number of amides is 1. The predicted molar refractivity (Wildman–Crippen MR) is 104 cm³/mol. The molecule has 26 heavy (non-hydrogen) atoms. The van der Waals surface area contributed by atoms with Gasteiger partial charge in [0.15, 0.2) is 11.5 Å². The monoisotopic (exact) mass is 365 g/mol. The normalized spacial score (nSPS) is 15.9. The smallest absolute Gasteiger partial charge is 0.225 e. The van der Waals surface area contributed by atoms with Gasteiger partial charge in [-0.1, -0.05) is 36.4 Å². The Hall–Kier alpha value is -2.79. The minimum atomic E-state index is 0.0148. The van der Waals surface area contributed by atoms with Crippen LogP contribution in [0.15, 0.2) is 53.9 Å². The summed E-state index contributed by atoms with van der Waals surface area (Å²) in [5.41, 5.74) is 4.17. The average Bonchev–Trinajstić information content (AvgIpc) is 3.11. The molecule has 0 bridgehead atoms. The fourth-order valence-corrected chi connectivity index (χ4v) is 4.56. The van der Waals surface area contributed by atoms with Crippen LogP contribution in [0.25, 0.3) is 11.1 Å². The van der Waals surface area contributed by atoms with E-state index in [9.17, 15) is 4.79 Å². The minimum absolute atomic E-state index is 0.0148. The highest BCUT2D eigenvalue weighted by Crippen LogP contribution is 2.47. The van der Waals surface area contributed by atoms with Crippen LogP contribution in [0.2, 0.25) is 0 Å². The summed E-state index contributed by atoms with van der Waals surface area (Å²) in [6, 6.07) is 16.0. The number of methoxy groups -OCH3 is 2. The van der Waals surface area contributed by atoms with Crippen LogP contribution >= 0.6 is 11.3 Å². The van der Waals surface area contributed by atoms with Crippen molar-refractivity contribution in [2.24, 2.45) is 0 Å². The molecule has 1 aromatic heterocycles. The van der Waals surface area contributed by atoms with E-state index in [1.54, 1.807) is 25.6 Å². The Morgan fingerprint density at radius 3 is 2.54 bits per heavy atom. The molecule has 2 aromatic carbocycles. The first-order valence-electron chi connectivity index (χ1n) is 8.40. The van der Waals surface area contributed by atoms with Crippen molar-refractivity contribution in [1.29, 1.82) is 0 Å². The summed E-state index contributed by atoms with van der Waals surface area (Å²) in [6.07, 6.45) is 0.428. The van der Waals surface area contributed by atoms with Crippen LogP contribution in [0.5, 0.6) is 11.5 Å². The molecule has 4 nitrogen and oxygen atoms in total. The number of hydrogen-bond acceptors (Lipinski definition) is 4. The lowest BCUT2D eigenvalue weighted by atomic mass is 9.89. The number of fused-ring (bicyclic) bond motifs is 1. The lowest BCUT2D eigenvalue weighted by Gasteiger charge is -2.24. The first-order valence-corrected chi connectivity index (χ1v) is 9.27. The van der Waals surface area contributed by atoms with E-state index < -0.39 is 0 Å². The largest absolute Gasteiger partial charge is 0.493 e. The maximum atomic E-state index is 12.4. The third-order valence-electron chi connectivity index (χ3n) is 4.68. The first-order chi connectivity index (χ1) is 12.7. The summed E-state index contributed by atoms with van der Waals surface area (Å²) < 4.78 is 10.8. The van der Waals surface area contributed by atoms with Crippen LogP contribution in [0.1, 0.15) is 22.8 Å². The third-order valence-corrected chi connectivity index (χ3v) is 5.78. The standard InChI is InChI=1S/C21H19NO3S/c1-24-17-9-8-14(10-18(17)25-2)15-11-19(23)22-20-16(12-26-21(15)20)13-6-4-3-5-7-13/h3-10,12,15H,11H2,1-2H3,(H,22,23)/t15-/m0/s1. The Morgan fingerprint density at radius 1 is 1.04 bits per heavy atom. The molecule has 0 radical (unpaired) electrons. The van der Waals surface area contributed by atoms with Crippen LogP contribution in [-0.4, -0.2) is 20.1 Å². The van der Waals surface area contributed by atoms with Crippen LogP contribution in [0.3, 0.4) is 0 Å². The van der Waals surface area contributed by atoms with Gasteiger partial charge in [-0.2, -0.15) is 0 Å². The summed E-state index contributed by atoms with van der Waals surface area (Å²) in [4.78, 5) is 13.6. The molecule has 0 saturated carbocycles. The van der Waals surface area contributed by atoms with E-state index in [1.807, 2.05) is 36.4 Å². The molecule has 0 saturated heterocycles. The first kappa shape index (κ1) is 16.7. The highest BCUT2D eigenvalue weighted by Gasteiger charge is 2.30. The van der Waals surface area contributed by atoms with Crippen molar-refractivity contribution < 1.29 is 14.3 Å². The quantitative estimate of drug-likeness (QED) is 0.715. The average molecular weight is 365 g/mol. The summed E-state index contributed by atoms with van der Waals surface area (Å²) >= 11 is 1.69. The molecule has 0 aliphatic carbocycles. The molecular weight excluding hydrogens is 346 g/mol. The molecule has 2 heterocycles. The zero-order chi connectivity index (χ0) is 18.1. The molecule has 0 unspecified atom stereocenters. The lowest BCUT2D eigenvalue weighted by Crippen LogP contribution is -2.22. The van der Waals surface area contributed by atoms with Gasteiger partial charge in [-0.05, 0) is 23.3 Å². The van der Waals surface area contributed by atoms with Gasteiger partial charge in [0.25, 0.3) is 0 Å². The molecule has 1 aliphatic rings. The van der Waals surface area contributed by atoms with Crippen LogP contribution < -0.4 is 14.8 Å².